The molecule has 0 amide bonds. The summed E-state index contributed by atoms with van der Waals surface area (Å²) in [5.41, 5.74) is 1.13. The van der Waals surface area contributed by atoms with Gasteiger partial charge in [0.2, 0.25) is 0 Å². The Kier molecular flexibility index (Phi) is 2.10. The van der Waals surface area contributed by atoms with Crippen molar-refractivity contribution in [3.8, 4) is 0 Å². The zero-order valence-corrected chi connectivity index (χ0v) is 8.60. The van der Waals surface area contributed by atoms with E-state index in [0.717, 1.165) is 18.6 Å². The van der Waals surface area contributed by atoms with Crippen LogP contribution < -0.4 is 4.94 Å². The quantitative estimate of drug-likeness (QED) is 0.741. The summed E-state index contributed by atoms with van der Waals surface area (Å²) >= 11 is 0. The smallest absolute Gasteiger partial charge is 0.0891 e. The molecule has 1 aliphatic rings. The van der Waals surface area contributed by atoms with Crippen molar-refractivity contribution in [3.63, 3.8) is 0 Å². The van der Waals surface area contributed by atoms with E-state index in [9.17, 15) is 0 Å². The fourth-order valence-electron chi connectivity index (χ4n) is 2.02. The van der Waals surface area contributed by atoms with Crippen LogP contribution in [0.15, 0.2) is 36.5 Å². The van der Waals surface area contributed by atoms with Gasteiger partial charge in [-0.2, -0.15) is 4.73 Å². The van der Waals surface area contributed by atoms with Gasteiger partial charge in [-0.05, 0) is 25.0 Å². The average Bonchev–Trinajstić information content (AvgIpc) is 2.89. The number of hydrogen-bond acceptors (Lipinski definition) is 2. The molecule has 1 aliphatic heterocycles. The number of fused-ring (bicyclic) bond motifs is 1. The van der Waals surface area contributed by atoms with Crippen molar-refractivity contribution in [1.29, 1.82) is 0 Å². The largest absolute Gasteiger partial charge is 0.316 e. The number of rotatable bonds is 2. The highest BCUT2D eigenvalue weighted by Crippen LogP contribution is 2.15. The molecule has 0 atom stereocenters. The van der Waals surface area contributed by atoms with E-state index >= 15 is 0 Å². The van der Waals surface area contributed by atoms with Crippen LogP contribution in [0, 0.1) is 0 Å². The molecule has 3 rings (SSSR count). The molecule has 3 nitrogen and oxygen atoms in total. The van der Waals surface area contributed by atoms with E-state index in [-0.39, 0.29) is 0 Å². The molecule has 2 heterocycles. The lowest BCUT2D eigenvalue weighted by Crippen LogP contribution is -2.30. The Labute approximate surface area is 88.8 Å². The first-order chi connectivity index (χ1) is 7.43. The minimum Gasteiger partial charge on any atom is -0.316 e. The van der Waals surface area contributed by atoms with Crippen LogP contribution >= 0.6 is 0 Å². The Hall–Kier alpha value is -1.48. The second kappa shape index (κ2) is 3.59. The van der Waals surface area contributed by atoms with E-state index in [0.29, 0.717) is 0 Å². The van der Waals surface area contributed by atoms with Gasteiger partial charge in [0.05, 0.1) is 5.52 Å². The molecule has 0 N–H and O–H groups in total. The summed E-state index contributed by atoms with van der Waals surface area (Å²) < 4.78 is 1.85. The Morgan fingerprint density at radius 3 is 2.67 bits per heavy atom. The van der Waals surface area contributed by atoms with Gasteiger partial charge in [0.25, 0.3) is 0 Å². The van der Waals surface area contributed by atoms with Crippen molar-refractivity contribution in [2.45, 2.75) is 12.8 Å². The predicted octanol–water partition coefficient (Wildman–Crippen LogP) is 2.08. The second-order valence-electron chi connectivity index (χ2n) is 3.92. The van der Waals surface area contributed by atoms with E-state index in [1.165, 1.54) is 18.2 Å². The second-order valence-corrected chi connectivity index (χ2v) is 3.92. The first-order valence-corrected chi connectivity index (χ1v) is 5.43. The third-order valence-corrected chi connectivity index (χ3v) is 2.83. The molecule has 15 heavy (non-hydrogen) atoms. The van der Waals surface area contributed by atoms with Gasteiger partial charge in [-0.25, -0.2) is 0 Å². The average molecular weight is 202 g/mol. The van der Waals surface area contributed by atoms with Crippen LogP contribution in [-0.2, 0) is 0 Å². The lowest BCUT2D eigenvalue weighted by molar-refractivity contribution is -0.142. The topological polar surface area (TPSA) is 17.4 Å². The third-order valence-electron chi connectivity index (χ3n) is 2.83. The number of benzene rings is 1. The van der Waals surface area contributed by atoms with Crippen molar-refractivity contribution in [2.24, 2.45) is 0 Å². The number of hydroxylamine groups is 2. The van der Waals surface area contributed by atoms with E-state index in [1.54, 1.807) is 0 Å². The molecule has 0 aliphatic carbocycles. The number of aromatic nitrogens is 1. The monoisotopic (exact) mass is 202 g/mol. The van der Waals surface area contributed by atoms with E-state index in [1.807, 2.05) is 28.1 Å². The van der Waals surface area contributed by atoms with Crippen LogP contribution in [-0.4, -0.2) is 22.9 Å². The molecular weight excluding hydrogens is 188 g/mol. The maximum Gasteiger partial charge on any atom is 0.0891 e. The summed E-state index contributed by atoms with van der Waals surface area (Å²) in [5.74, 6) is 0. The Morgan fingerprint density at radius 1 is 1.00 bits per heavy atom. The number of para-hydroxylation sites is 1. The van der Waals surface area contributed by atoms with Crippen LogP contribution in [0.3, 0.4) is 0 Å². The SMILES string of the molecule is c1ccc2c(c1)ccn2ON1CCCC1. The van der Waals surface area contributed by atoms with E-state index in [4.69, 9.17) is 4.94 Å². The van der Waals surface area contributed by atoms with Crippen LogP contribution in [0.1, 0.15) is 12.8 Å². The molecule has 1 aromatic heterocycles. The van der Waals surface area contributed by atoms with Gasteiger partial charge in [0.1, 0.15) is 0 Å². The minimum atomic E-state index is 1.03. The van der Waals surface area contributed by atoms with Crippen LogP contribution in [0.4, 0.5) is 0 Å². The molecule has 1 fully saturated rings. The molecular formula is C12H14N2O. The van der Waals surface area contributed by atoms with Gasteiger partial charge < -0.3 is 4.94 Å². The van der Waals surface area contributed by atoms with Gasteiger partial charge >= 0.3 is 0 Å². The molecule has 0 unspecified atom stereocenters. The summed E-state index contributed by atoms with van der Waals surface area (Å²) in [6.07, 6.45) is 4.45. The maximum atomic E-state index is 5.78. The van der Waals surface area contributed by atoms with Gasteiger partial charge in [-0.1, -0.05) is 18.2 Å². The van der Waals surface area contributed by atoms with Crippen molar-refractivity contribution in [3.05, 3.63) is 36.5 Å². The molecule has 2 aromatic rings. The zero-order valence-electron chi connectivity index (χ0n) is 8.60. The first-order valence-electron chi connectivity index (χ1n) is 5.43. The fourth-order valence-corrected chi connectivity index (χ4v) is 2.02. The summed E-state index contributed by atoms with van der Waals surface area (Å²) in [4.78, 5) is 5.78. The summed E-state index contributed by atoms with van der Waals surface area (Å²) in [7, 11) is 0. The van der Waals surface area contributed by atoms with Gasteiger partial charge in [-0.15, -0.1) is 5.06 Å². The summed E-state index contributed by atoms with van der Waals surface area (Å²) in [6, 6.07) is 10.3. The minimum absolute atomic E-state index is 1.03. The normalized spacial score (nSPS) is 17.3. The highest BCUT2D eigenvalue weighted by molar-refractivity contribution is 5.79. The van der Waals surface area contributed by atoms with Crippen molar-refractivity contribution >= 4 is 10.9 Å². The summed E-state index contributed by atoms with van der Waals surface area (Å²) in [5, 5.41) is 3.24. The van der Waals surface area contributed by atoms with Gasteiger partial charge in [0.15, 0.2) is 0 Å². The molecule has 0 bridgehead atoms. The number of nitrogens with zero attached hydrogens (tertiary/aromatic N) is 2. The van der Waals surface area contributed by atoms with Crippen molar-refractivity contribution in [1.82, 2.24) is 9.79 Å². The van der Waals surface area contributed by atoms with E-state index in [2.05, 4.69) is 18.2 Å². The molecule has 1 aromatic carbocycles. The molecule has 1 saturated heterocycles. The van der Waals surface area contributed by atoms with E-state index < -0.39 is 0 Å². The molecule has 78 valence electrons. The highest BCUT2D eigenvalue weighted by atomic mass is 16.8. The first kappa shape index (κ1) is 8.80. The molecule has 0 saturated carbocycles. The fraction of sp³-hybridized carbons (Fsp3) is 0.333. The predicted molar refractivity (Wildman–Crippen MR) is 59.3 cm³/mol. The molecule has 3 heteroatoms. The Balaban J connectivity index is 1.90. The van der Waals surface area contributed by atoms with Crippen LogP contribution in [0.5, 0.6) is 0 Å². The Bertz CT molecular complexity index is 457. The van der Waals surface area contributed by atoms with Gasteiger partial charge in [0, 0.05) is 24.7 Å². The Morgan fingerprint density at radius 2 is 1.80 bits per heavy atom. The molecule has 0 spiro atoms. The number of hydrogen-bond donors (Lipinski definition) is 0. The van der Waals surface area contributed by atoms with Crippen molar-refractivity contribution < 1.29 is 4.94 Å². The van der Waals surface area contributed by atoms with Crippen LogP contribution in [0.25, 0.3) is 10.9 Å². The lowest BCUT2D eigenvalue weighted by atomic mass is 10.3. The zero-order chi connectivity index (χ0) is 10.1. The van der Waals surface area contributed by atoms with Crippen LogP contribution in [0.2, 0.25) is 0 Å². The lowest BCUT2D eigenvalue weighted by Gasteiger charge is -2.16. The third kappa shape index (κ3) is 1.59. The van der Waals surface area contributed by atoms with Gasteiger partial charge in [-0.3, -0.25) is 0 Å². The van der Waals surface area contributed by atoms with Crippen molar-refractivity contribution in [2.75, 3.05) is 13.1 Å². The standard InChI is InChI=1S/C12H14N2O/c1-2-6-12-11(5-1)7-10-14(12)15-13-8-3-4-9-13/h1-2,5-7,10H,3-4,8-9H2. The highest BCUT2D eigenvalue weighted by Gasteiger charge is 2.13. The molecule has 0 radical (unpaired) electrons. The maximum absolute atomic E-state index is 5.78. The summed E-state index contributed by atoms with van der Waals surface area (Å²) in [6.45, 7) is 2.07.